The fourth-order valence-electron chi connectivity index (χ4n) is 5.55. The van der Waals surface area contributed by atoms with Gasteiger partial charge in [-0.1, -0.05) is 30.7 Å². The van der Waals surface area contributed by atoms with Crippen molar-refractivity contribution in [1.82, 2.24) is 4.90 Å². The molecule has 0 aromatic heterocycles. The minimum atomic E-state index is -0.478. The molecular formula is C26H41NO2. The smallest absolute Gasteiger partial charge is 0.0755 e. The van der Waals surface area contributed by atoms with Crippen molar-refractivity contribution < 1.29 is 10.2 Å². The highest BCUT2D eigenvalue weighted by Crippen LogP contribution is 2.50. The van der Waals surface area contributed by atoms with Crippen LogP contribution >= 0.6 is 0 Å². The van der Waals surface area contributed by atoms with Crippen molar-refractivity contribution in [1.29, 1.82) is 0 Å². The van der Waals surface area contributed by atoms with Crippen LogP contribution in [0.25, 0.3) is 0 Å². The van der Waals surface area contributed by atoms with Gasteiger partial charge in [0.25, 0.3) is 0 Å². The van der Waals surface area contributed by atoms with Crippen molar-refractivity contribution in [3.05, 3.63) is 23.8 Å². The third kappa shape index (κ3) is 6.45. The predicted octanol–water partition coefficient (Wildman–Crippen LogP) is 4.55. The lowest BCUT2D eigenvalue weighted by molar-refractivity contribution is 0.137. The molecule has 162 valence electrons. The van der Waals surface area contributed by atoms with E-state index in [0.717, 1.165) is 12.8 Å². The normalized spacial score (nSPS) is 33.2. The van der Waals surface area contributed by atoms with Gasteiger partial charge in [0.15, 0.2) is 0 Å². The molecule has 1 saturated heterocycles. The molecule has 3 nitrogen and oxygen atoms in total. The van der Waals surface area contributed by atoms with Gasteiger partial charge in [-0.15, -0.1) is 11.8 Å². The van der Waals surface area contributed by atoms with Gasteiger partial charge in [0.1, 0.15) is 0 Å². The van der Waals surface area contributed by atoms with Crippen LogP contribution in [0.5, 0.6) is 0 Å². The second kappa shape index (κ2) is 11.3. The SMILES string of the molecule is CC#CC[C@H](C)[C@H](O)C=C[C@@H]1[C@H]2CC(=CCCCCN3CCCC3)C[C@H]2C[C@H]1O. The number of aliphatic hydroxyl groups excluding tert-OH is 2. The number of nitrogens with zero attached hydrogens (tertiary/aromatic N) is 1. The zero-order valence-corrected chi connectivity index (χ0v) is 18.5. The molecule has 2 aliphatic carbocycles. The third-order valence-electron chi connectivity index (χ3n) is 7.39. The van der Waals surface area contributed by atoms with Crippen LogP contribution in [0.3, 0.4) is 0 Å². The Morgan fingerprint density at radius 2 is 2.00 bits per heavy atom. The number of unbranched alkanes of at least 4 members (excludes halogenated alkanes) is 2. The zero-order valence-electron chi connectivity index (χ0n) is 18.5. The first-order valence-corrected chi connectivity index (χ1v) is 11.9. The van der Waals surface area contributed by atoms with E-state index in [1.165, 1.54) is 58.2 Å². The molecule has 3 aliphatic rings. The van der Waals surface area contributed by atoms with Crippen LogP contribution in [-0.2, 0) is 0 Å². The number of likely N-dealkylation sites (tertiary alicyclic amines) is 1. The highest BCUT2D eigenvalue weighted by Gasteiger charge is 2.44. The average molecular weight is 400 g/mol. The summed E-state index contributed by atoms with van der Waals surface area (Å²) < 4.78 is 0. The van der Waals surface area contributed by atoms with Crippen LogP contribution in [-0.4, -0.2) is 47.0 Å². The molecule has 0 amide bonds. The van der Waals surface area contributed by atoms with E-state index in [1.807, 2.05) is 19.9 Å². The van der Waals surface area contributed by atoms with Crippen LogP contribution < -0.4 is 0 Å². The van der Waals surface area contributed by atoms with E-state index in [4.69, 9.17) is 0 Å². The van der Waals surface area contributed by atoms with Gasteiger partial charge >= 0.3 is 0 Å². The van der Waals surface area contributed by atoms with Gasteiger partial charge in [0, 0.05) is 12.3 Å². The van der Waals surface area contributed by atoms with Gasteiger partial charge in [-0.3, -0.25) is 0 Å². The first-order chi connectivity index (χ1) is 14.1. The van der Waals surface area contributed by atoms with Crippen molar-refractivity contribution in [3.63, 3.8) is 0 Å². The molecule has 2 N–H and O–H groups in total. The lowest BCUT2D eigenvalue weighted by atomic mass is 9.89. The maximum absolute atomic E-state index is 10.5. The van der Waals surface area contributed by atoms with Gasteiger partial charge in [-0.05, 0) is 95.7 Å². The van der Waals surface area contributed by atoms with Crippen LogP contribution in [0.15, 0.2) is 23.8 Å². The van der Waals surface area contributed by atoms with Crippen LogP contribution in [0.1, 0.15) is 71.6 Å². The summed E-state index contributed by atoms with van der Waals surface area (Å²) in [6.45, 7) is 7.76. The maximum Gasteiger partial charge on any atom is 0.0755 e. The molecule has 0 bridgehead atoms. The summed E-state index contributed by atoms with van der Waals surface area (Å²) in [7, 11) is 0. The predicted molar refractivity (Wildman–Crippen MR) is 120 cm³/mol. The summed E-state index contributed by atoms with van der Waals surface area (Å²) >= 11 is 0. The Hall–Kier alpha value is -1.08. The molecule has 0 radical (unpaired) electrons. The molecule has 1 heterocycles. The van der Waals surface area contributed by atoms with Crippen molar-refractivity contribution in [2.45, 2.75) is 83.8 Å². The van der Waals surface area contributed by atoms with Gasteiger partial charge in [0.05, 0.1) is 12.2 Å². The Labute approximate surface area is 178 Å². The molecule has 1 aliphatic heterocycles. The van der Waals surface area contributed by atoms with Gasteiger partial charge in [-0.25, -0.2) is 0 Å². The molecule has 3 fully saturated rings. The van der Waals surface area contributed by atoms with Crippen molar-refractivity contribution >= 4 is 0 Å². The van der Waals surface area contributed by atoms with E-state index in [2.05, 4.69) is 28.9 Å². The van der Waals surface area contributed by atoms with Gasteiger partial charge in [0.2, 0.25) is 0 Å². The fraction of sp³-hybridized carbons (Fsp3) is 0.769. The third-order valence-corrected chi connectivity index (χ3v) is 7.39. The monoisotopic (exact) mass is 399 g/mol. The van der Waals surface area contributed by atoms with E-state index < -0.39 is 6.10 Å². The van der Waals surface area contributed by atoms with Gasteiger partial charge in [-0.2, -0.15) is 0 Å². The van der Waals surface area contributed by atoms with Gasteiger partial charge < -0.3 is 15.1 Å². The highest BCUT2D eigenvalue weighted by atomic mass is 16.3. The second-order valence-corrected chi connectivity index (χ2v) is 9.60. The first-order valence-electron chi connectivity index (χ1n) is 11.9. The Balaban J connectivity index is 1.43. The van der Waals surface area contributed by atoms with Crippen molar-refractivity contribution in [2.75, 3.05) is 19.6 Å². The number of fused-ring (bicyclic) bond motifs is 1. The lowest BCUT2D eigenvalue weighted by Gasteiger charge is -2.19. The Kier molecular flexibility index (Phi) is 8.85. The summed E-state index contributed by atoms with van der Waals surface area (Å²) in [5.41, 5.74) is 1.61. The largest absolute Gasteiger partial charge is 0.392 e. The number of hydrogen-bond acceptors (Lipinski definition) is 3. The Bertz CT molecular complexity index is 622. The molecular weight excluding hydrogens is 358 g/mol. The van der Waals surface area contributed by atoms with Crippen LogP contribution in [0.4, 0.5) is 0 Å². The molecule has 3 heteroatoms. The number of rotatable bonds is 9. The minimum absolute atomic E-state index is 0.132. The summed E-state index contributed by atoms with van der Waals surface area (Å²) in [5.74, 6) is 7.45. The summed E-state index contributed by atoms with van der Waals surface area (Å²) in [5, 5.41) is 20.9. The standard InChI is InChI=1S/C26H41NO2/c1-3-4-10-20(2)25(28)13-12-23-24-18-21(17-22(24)19-26(23)29)11-6-5-7-14-27-15-8-9-16-27/h11-13,20,22-26,28-29H,5-10,14-19H2,1-2H3/t20-,22-,23+,24-,25+,26+/m0/s1. The van der Waals surface area contributed by atoms with E-state index in [9.17, 15) is 10.2 Å². The number of allylic oxidation sites excluding steroid dienone is 2. The molecule has 2 saturated carbocycles. The molecule has 0 spiro atoms. The van der Waals surface area contributed by atoms with Crippen LogP contribution in [0.2, 0.25) is 0 Å². The zero-order chi connectivity index (χ0) is 20.6. The lowest BCUT2D eigenvalue weighted by Crippen LogP contribution is -2.20. The molecule has 3 rings (SSSR count). The van der Waals surface area contributed by atoms with E-state index >= 15 is 0 Å². The Morgan fingerprint density at radius 1 is 1.21 bits per heavy atom. The average Bonchev–Trinajstić information content (AvgIpc) is 3.41. The van der Waals surface area contributed by atoms with E-state index in [0.29, 0.717) is 18.3 Å². The summed E-state index contributed by atoms with van der Waals surface area (Å²) in [4.78, 5) is 2.61. The second-order valence-electron chi connectivity index (χ2n) is 9.60. The van der Waals surface area contributed by atoms with E-state index in [-0.39, 0.29) is 17.9 Å². The number of hydrogen-bond donors (Lipinski definition) is 2. The molecule has 0 aromatic rings. The maximum atomic E-state index is 10.5. The molecule has 6 atom stereocenters. The molecule has 0 aromatic carbocycles. The van der Waals surface area contributed by atoms with E-state index in [1.54, 1.807) is 5.57 Å². The van der Waals surface area contributed by atoms with Crippen molar-refractivity contribution in [2.24, 2.45) is 23.7 Å². The quantitative estimate of drug-likeness (QED) is 0.339. The minimum Gasteiger partial charge on any atom is -0.392 e. The number of aliphatic hydroxyl groups is 2. The summed E-state index contributed by atoms with van der Waals surface area (Å²) in [6, 6.07) is 0. The highest BCUT2D eigenvalue weighted by molar-refractivity contribution is 5.18. The fourth-order valence-corrected chi connectivity index (χ4v) is 5.55. The van der Waals surface area contributed by atoms with Crippen molar-refractivity contribution in [3.8, 4) is 11.8 Å². The van der Waals surface area contributed by atoms with Crippen LogP contribution in [0, 0.1) is 35.5 Å². The topological polar surface area (TPSA) is 43.7 Å². The Morgan fingerprint density at radius 3 is 2.76 bits per heavy atom. The molecule has 0 unspecified atom stereocenters. The summed E-state index contributed by atoms with van der Waals surface area (Å²) in [6.07, 6.45) is 16.3. The first kappa shape index (κ1) is 22.6. The molecule has 29 heavy (non-hydrogen) atoms.